The lowest BCUT2D eigenvalue weighted by Gasteiger charge is -2.21. The highest BCUT2D eigenvalue weighted by Crippen LogP contribution is 2.28. The first kappa shape index (κ1) is 12.0. The van der Waals surface area contributed by atoms with E-state index in [-0.39, 0.29) is 0 Å². The van der Waals surface area contributed by atoms with Crippen molar-refractivity contribution in [1.29, 1.82) is 5.26 Å². The van der Waals surface area contributed by atoms with E-state index in [2.05, 4.69) is 16.4 Å². The normalized spacial score (nSPS) is 16.4. The first-order valence-electron chi connectivity index (χ1n) is 6.51. The van der Waals surface area contributed by atoms with E-state index in [1.807, 2.05) is 29.8 Å². The number of nitrogens with zero attached hydrogens (tertiary/aromatic N) is 3. The summed E-state index contributed by atoms with van der Waals surface area (Å²) in [5, 5.41) is 12.3. The number of pyridine rings is 1. The van der Waals surface area contributed by atoms with Crippen molar-refractivity contribution in [2.45, 2.75) is 18.8 Å². The molecule has 0 amide bonds. The van der Waals surface area contributed by atoms with Crippen molar-refractivity contribution < 1.29 is 4.74 Å². The Morgan fingerprint density at radius 3 is 2.89 bits per heavy atom. The molecule has 3 rings (SSSR count). The summed E-state index contributed by atoms with van der Waals surface area (Å²) in [6.45, 7) is 1.54. The SMILES string of the molecule is CNc1ccc2c(C#N)nc(C3CCOCC3)n2c1. The van der Waals surface area contributed by atoms with Gasteiger partial charge in [0.15, 0.2) is 5.69 Å². The number of fused-ring (bicyclic) bond motifs is 1. The Kier molecular flexibility index (Phi) is 3.10. The smallest absolute Gasteiger partial charge is 0.166 e. The van der Waals surface area contributed by atoms with E-state index >= 15 is 0 Å². The second-order valence-electron chi connectivity index (χ2n) is 4.74. The molecule has 1 aliphatic rings. The molecule has 0 unspecified atom stereocenters. The van der Waals surface area contributed by atoms with Crippen molar-refractivity contribution in [3.05, 3.63) is 29.8 Å². The number of hydrogen-bond acceptors (Lipinski definition) is 4. The minimum Gasteiger partial charge on any atom is -0.387 e. The van der Waals surface area contributed by atoms with Gasteiger partial charge in [-0.05, 0) is 25.0 Å². The molecule has 2 aromatic heterocycles. The number of nitriles is 1. The summed E-state index contributed by atoms with van der Waals surface area (Å²) in [7, 11) is 1.89. The van der Waals surface area contributed by atoms with E-state index in [1.165, 1.54) is 0 Å². The minimum absolute atomic E-state index is 0.371. The molecule has 1 saturated heterocycles. The highest BCUT2D eigenvalue weighted by molar-refractivity contribution is 5.62. The van der Waals surface area contributed by atoms with Gasteiger partial charge < -0.3 is 14.5 Å². The molecular weight excluding hydrogens is 240 g/mol. The predicted octanol–water partition coefficient (Wildman–Crippen LogP) is 2.14. The largest absolute Gasteiger partial charge is 0.387 e. The molecular formula is C14H16N4O. The highest BCUT2D eigenvalue weighted by Gasteiger charge is 2.22. The van der Waals surface area contributed by atoms with Crippen molar-refractivity contribution >= 4 is 11.2 Å². The summed E-state index contributed by atoms with van der Waals surface area (Å²) in [6, 6.07) is 6.09. The third-order valence-corrected chi connectivity index (χ3v) is 3.65. The lowest BCUT2D eigenvalue weighted by Crippen LogP contribution is -2.16. The van der Waals surface area contributed by atoms with Crippen molar-refractivity contribution in [2.24, 2.45) is 0 Å². The third kappa shape index (κ3) is 2.04. The molecule has 0 saturated carbocycles. The van der Waals surface area contributed by atoms with E-state index in [0.29, 0.717) is 11.6 Å². The molecule has 0 bridgehead atoms. The zero-order chi connectivity index (χ0) is 13.2. The quantitative estimate of drug-likeness (QED) is 0.894. The molecule has 2 aromatic rings. The van der Waals surface area contributed by atoms with Gasteiger partial charge in [-0.25, -0.2) is 4.98 Å². The molecule has 0 spiro atoms. The van der Waals surface area contributed by atoms with Crippen LogP contribution in [0.2, 0.25) is 0 Å². The molecule has 1 N–H and O–H groups in total. The summed E-state index contributed by atoms with van der Waals surface area (Å²) in [5.74, 6) is 1.35. The van der Waals surface area contributed by atoms with Crippen LogP contribution in [-0.4, -0.2) is 29.6 Å². The second kappa shape index (κ2) is 4.90. The summed E-state index contributed by atoms with van der Waals surface area (Å²) < 4.78 is 7.44. The number of anilines is 1. The molecule has 0 atom stereocenters. The van der Waals surface area contributed by atoms with Crippen LogP contribution in [0.3, 0.4) is 0 Å². The van der Waals surface area contributed by atoms with Gasteiger partial charge in [-0.2, -0.15) is 5.26 Å². The van der Waals surface area contributed by atoms with E-state index < -0.39 is 0 Å². The highest BCUT2D eigenvalue weighted by atomic mass is 16.5. The predicted molar refractivity (Wildman–Crippen MR) is 72.2 cm³/mol. The van der Waals surface area contributed by atoms with Crippen molar-refractivity contribution in [2.75, 3.05) is 25.6 Å². The van der Waals surface area contributed by atoms with Crippen molar-refractivity contribution in [3.8, 4) is 6.07 Å². The van der Waals surface area contributed by atoms with Crippen LogP contribution in [-0.2, 0) is 4.74 Å². The topological polar surface area (TPSA) is 62.3 Å². The molecule has 5 heteroatoms. The zero-order valence-electron chi connectivity index (χ0n) is 10.9. The standard InChI is InChI=1S/C14H16N4O/c1-16-11-2-3-13-12(8-15)17-14(18(13)9-11)10-4-6-19-7-5-10/h2-3,9-10,16H,4-7H2,1H3. The van der Waals surface area contributed by atoms with Gasteiger partial charge in [0.1, 0.15) is 11.9 Å². The van der Waals surface area contributed by atoms with Gasteiger partial charge in [0.2, 0.25) is 0 Å². The van der Waals surface area contributed by atoms with Gasteiger partial charge in [0.25, 0.3) is 0 Å². The molecule has 3 heterocycles. The Bertz CT molecular complexity index is 635. The summed E-state index contributed by atoms with van der Waals surface area (Å²) in [6.07, 6.45) is 3.94. The zero-order valence-corrected chi connectivity index (χ0v) is 10.9. The number of ether oxygens (including phenoxy) is 1. The molecule has 0 aromatic carbocycles. The number of hydrogen-bond donors (Lipinski definition) is 1. The van der Waals surface area contributed by atoms with Crippen LogP contribution in [0, 0.1) is 11.3 Å². The fraction of sp³-hybridized carbons (Fsp3) is 0.429. The van der Waals surface area contributed by atoms with E-state index in [4.69, 9.17) is 4.74 Å². The Hall–Kier alpha value is -2.06. The Labute approximate surface area is 111 Å². The van der Waals surface area contributed by atoms with Crippen molar-refractivity contribution in [3.63, 3.8) is 0 Å². The Morgan fingerprint density at radius 1 is 1.42 bits per heavy atom. The number of nitrogens with one attached hydrogen (secondary N) is 1. The molecule has 19 heavy (non-hydrogen) atoms. The van der Waals surface area contributed by atoms with Gasteiger partial charge in [-0.15, -0.1) is 0 Å². The van der Waals surface area contributed by atoms with Crippen LogP contribution < -0.4 is 5.32 Å². The Morgan fingerprint density at radius 2 is 2.21 bits per heavy atom. The summed E-state index contributed by atoms with van der Waals surface area (Å²) in [5.41, 5.74) is 2.40. The number of imidazole rings is 1. The molecule has 0 radical (unpaired) electrons. The maximum atomic E-state index is 9.21. The second-order valence-corrected chi connectivity index (χ2v) is 4.74. The number of aromatic nitrogens is 2. The maximum absolute atomic E-state index is 9.21. The fourth-order valence-corrected chi connectivity index (χ4v) is 2.58. The minimum atomic E-state index is 0.371. The van der Waals surface area contributed by atoms with Gasteiger partial charge >= 0.3 is 0 Å². The first-order valence-corrected chi connectivity index (χ1v) is 6.51. The molecule has 0 aliphatic carbocycles. The third-order valence-electron chi connectivity index (χ3n) is 3.65. The number of rotatable bonds is 2. The van der Waals surface area contributed by atoms with Gasteiger partial charge in [-0.1, -0.05) is 0 Å². The summed E-state index contributed by atoms with van der Waals surface area (Å²) in [4.78, 5) is 4.53. The van der Waals surface area contributed by atoms with Crippen LogP contribution in [0.15, 0.2) is 18.3 Å². The lowest BCUT2D eigenvalue weighted by molar-refractivity contribution is 0.0835. The molecule has 1 aliphatic heterocycles. The van der Waals surface area contributed by atoms with E-state index in [0.717, 1.165) is 43.1 Å². The van der Waals surface area contributed by atoms with Gasteiger partial charge in [0, 0.05) is 32.4 Å². The van der Waals surface area contributed by atoms with Gasteiger partial charge in [-0.3, -0.25) is 0 Å². The van der Waals surface area contributed by atoms with Crippen LogP contribution >= 0.6 is 0 Å². The Balaban J connectivity index is 2.14. The van der Waals surface area contributed by atoms with E-state index in [9.17, 15) is 5.26 Å². The fourth-order valence-electron chi connectivity index (χ4n) is 2.58. The average molecular weight is 256 g/mol. The first-order chi connectivity index (χ1) is 9.33. The van der Waals surface area contributed by atoms with Crippen LogP contribution in [0.5, 0.6) is 0 Å². The van der Waals surface area contributed by atoms with Crippen LogP contribution in [0.4, 0.5) is 5.69 Å². The molecule has 98 valence electrons. The summed E-state index contributed by atoms with van der Waals surface area (Å²) >= 11 is 0. The molecule has 1 fully saturated rings. The van der Waals surface area contributed by atoms with Crippen molar-refractivity contribution in [1.82, 2.24) is 9.38 Å². The van der Waals surface area contributed by atoms with Crippen LogP contribution in [0.25, 0.3) is 5.52 Å². The van der Waals surface area contributed by atoms with Gasteiger partial charge in [0.05, 0.1) is 11.2 Å². The van der Waals surface area contributed by atoms with E-state index in [1.54, 1.807) is 0 Å². The average Bonchev–Trinajstić information content (AvgIpc) is 2.86. The lowest BCUT2D eigenvalue weighted by atomic mass is 9.99. The van der Waals surface area contributed by atoms with Crippen LogP contribution in [0.1, 0.15) is 30.3 Å². The maximum Gasteiger partial charge on any atom is 0.166 e. The molecule has 5 nitrogen and oxygen atoms in total. The monoisotopic (exact) mass is 256 g/mol.